The molecule has 2 fully saturated rings. The van der Waals surface area contributed by atoms with E-state index in [-0.39, 0.29) is 17.6 Å². The molecule has 0 radical (unpaired) electrons. The Morgan fingerprint density at radius 1 is 1.33 bits per heavy atom. The number of hydrogen-bond acceptors (Lipinski definition) is 3. The maximum absolute atomic E-state index is 9.52. The number of aliphatic hydroxyl groups excluding tert-OH is 1. The molecule has 1 spiro atoms. The highest BCUT2D eigenvalue weighted by Crippen LogP contribution is 2.43. The molecule has 12 heavy (non-hydrogen) atoms. The van der Waals surface area contributed by atoms with Crippen molar-refractivity contribution < 1.29 is 5.11 Å². The maximum atomic E-state index is 9.52. The maximum Gasteiger partial charge on any atom is 0.0561 e. The highest BCUT2D eigenvalue weighted by molar-refractivity contribution is 5.00. The summed E-state index contributed by atoms with van der Waals surface area (Å²) in [6, 6.07) is 0.231. The Hall–Kier alpha value is -0.120. The lowest BCUT2D eigenvalue weighted by atomic mass is 9.75. The molecule has 0 aromatic carbocycles. The van der Waals surface area contributed by atoms with E-state index < -0.39 is 0 Å². The molecule has 1 saturated heterocycles. The molecule has 0 bridgehead atoms. The number of aliphatic hydroxyl groups is 1. The normalized spacial score (nSPS) is 40.5. The van der Waals surface area contributed by atoms with E-state index in [0.29, 0.717) is 0 Å². The third-order valence-corrected chi connectivity index (χ3v) is 3.55. The van der Waals surface area contributed by atoms with E-state index in [1.807, 2.05) is 0 Å². The second-order valence-electron chi connectivity index (χ2n) is 4.31. The summed E-state index contributed by atoms with van der Waals surface area (Å²) in [5.74, 6) is 0. The van der Waals surface area contributed by atoms with Crippen LogP contribution in [0.25, 0.3) is 0 Å². The van der Waals surface area contributed by atoms with E-state index in [9.17, 15) is 5.11 Å². The van der Waals surface area contributed by atoms with Crippen molar-refractivity contribution in [2.24, 2.45) is 11.1 Å². The summed E-state index contributed by atoms with van der Waals surface area (Å²) in [6.07, 6.45) is 3.88. The van der Waals surface area contributed by atoms with Gasteiger partial charge < -0.3 is 16.2 Å². The van der Waals surface area contributed by atoms with Crippen LogP contribution in [0.1, 0.15) is 25.7 Å². The molecule has 3 nitrogen and oxygen atoms in total. The van der Waals surface area contributed by atoms with Gasteiger partial charge in [-0.2, -0.15) is 0 Å². The second-order valence-corrected chi connectivity index (χ2v) is 4.31. The molecule has 0 aromatic rings. The number of piperidine rings is 1. The lowest BCUT2D eigenvalue weighted by Crippen LogP contribution is -2.45. The molecular formula is C9H18N2O. The second kappa shape index (κ2) is 2.98. The van der Waals surface area contributed by atoms with Gasteiger partial charge in [0, 0.05) is 6.04 Å². The molecule has 2 atom stereocenters. The molecule has 2 aliphatic rings. The molecular weight excluding hydrogens is 152 g/mol. The minimum Gasteiger partial charge on any atom is -0.393 e. The average Bonchev–Trinajstić information content (AvgIpc) is 2.29. The molecule has 1 saturated carbocycles. The van der Waals surface area contributed by atoms with E-state index in [4.69, 9.17) is 5.73 Å². The van der Waals surface area contributed by atoms with E-state index in [1.165, 1.54) is 0 Å². The van der Waals surface area contributed by atoms with Gasteiger partial charge in [-0.15, -0.1) is 0 Å². The summed E-state index contributed by atoms with van der Waals surface area (Å²) in [5, 5.41) is 12.9. The monoisotopic (exact) mass is 170 g/mol. The topological polar surface area (TPSA) is 58.3 Å². The van der Waals surface area contributed by atoms with Crippen LogP contribution in [-0.4, -0.2) is 30.3 Å². The van der Waals surface area contributed by atoms with Gasteiger partial charge in [0.15, 0.2) is 0 Å². The molecule has 4 N–H and O–H groups in total. The number of nitrogens with two attached hydrogens (primary N) is 1. The van der Waals surface area contributed by atoms with Crippen molar-refractivity contribution in [2.75, 3.05) is 13.1 Å². The first kappa shape index (κ1) is 8.48. The summed E-state index contributed by atoms with van der Waals surface area (Å²) in [5.41, 5.74) is 6.32. The van der Waals surface area contributed by atoms with Gasteiger partial charge >= 0.3 is 0 Å². The fraction of sp³-hybridized carbons (Fsp3) is 1.00. The largest absolute Gasteiger partial charge is 0.393 e. The van der Waals surface area contributed by atoms with Gasteiger partial charge in [-0.25, -0.2) is 0 Å². The quantitative estimate of drug-likeness (QED) is 0.473. The highest BCUT2D eigenvalue weighted by Gasteiger charge is 2.45. The summed E-state index contributed by atoms with van der Waals surface area (Å²) in [4.78, 5) is 0. The molecule has 1 aliphatic carbocycles. The van der Waals surface area contributed by atoms with Crippen LogP contribution in [0.5, 0.6) is 0 Å². The Labute approximate surface area is 73.3 Å². The fourth-order valence-electron chi connectivity index (χ4n) is 2.75. The number of rotatable bonds is 0. The first-order valence-corrected chi connectivity index (χ1v) is 4.87. The zero-order valence-corrected chi connectivity index (χ0v) is 7.42. The number of hydrogen-bond donors (Lipinski definition) is 3. The van der Waals surface area contributed by atoms with E-state index >= 15 is 0 Å². The molecule has 3 heteroatoms. The van der Waals surface area contributed by atoms with E-state index in [0.717, 1.165) is 38.8 Å². The van der Waals surface area contributed by atoms with Crippen molar-refractivity contribution in [3.63, 3.8) is 0 Å². The zero-order valence-electron chi connectivity index (χ0n) is 7.42. The van der Waals surface area contributed by atoms with Gasteiger partial charge in [0.25, 0.3) is 0 Å². The van der Waals surface area contributed by atoms with Crippen molar-refractivity contribution >= 4 is 0 Å². The summed E-state index contributed by atoms with van der Waals surface area (Å²) < 4.78 is 0. The van der Waals surface area contributed by atoms with Gasteiger partial charge in [0.05, 0.1) is 6.10 Å². The molecule has 1 aliphatic heterocycles. The van der Waals surface area contributed by atoms with Crippen LogP contribution in [0.15, 0.2) is 0 Å². The minimum absolute atomic E-state index is 0.141. The van der Waals surface area contributed by atoms with Gasteiger partial charge in [-0.1, -0.05) is 0 Å². The minimum atomic E-state index is -0.141. The van der Waals surface area contributed by atoms with Crippen LogP contribution < -0.4 is 11.1 Å². The van der Waals surface area contributed by atoms with Gasteiger partial charge in [0.1, 0.15) is 0 Å². The SMILES string of the molecule is N[C@@H]1C[C@H](O)CC12CCNCC2. The average molecular weight is 170 g/mol. The molecule has 2 rings (SSSR count). The van der Waals surface area contributed by atoms with Crippen LogP contribution in [0.3, 0.4) is 0 Å². The van der Waals surface area contributed by atoms with Crippen molar-refractivity contribution in [3.05, 3.63) is 0 Å². The van der Waals surface area contributed by atoms with Crippen molar-refractivity contribution in [1.82, 2.24) is 5.32 Å². The molecule has 0 unspecified atom stereocenters. The predicted molar refractivity (Wildman–Crippen MR) is 47.8 cm³/mol. The summed E-state index contributed by atoms with van der Waals surface area (Å²) in [7, 11) is 0. The Balaban J connectivity index is 2.08. The van der Waals surface area contributed by atoms with Crippen LogP contribution in [0.4, 0.5) is 0 Å². The van der Waals surface area contributed by atoms with Crippen molar-refractivity contribution in [3.8, 4) is 0 Å². The van der Waals surface area contributed by atoms with E-state index in [2.05, 4.69) is 5.32 Å². The Morgan fingerprint density at radius 2 is 2.00 bits per heavy atom. The first-order chi connectivity index (χ1) is 5.73. The van der Waals surface area contributed by atoms with Crippen molar-refractivity contribution in [2.45, 2.75) is 37.8 Å². The molecule has 1 heterocycles. The molecule has 70 valence electrons. The van der Waals surface area contributed by atoms with Gasteiger partial charge in [0.2, 0.25) is 0 Å². The van der Waals surface area contributed by atoms with Crippen LogP contribution in [0.2, 0.25) is 0 Å². The molecule has 0 amide bonds. The third-order valence-electron chi connectivity index (χ3n) is 3.55. The summed E-state index contributed by atoms with van der Waals surface area (Å²) >= 11 is 0. The first-order valence-electron chi connectivity index (χ1n) is 4.87. The Kier molecular flexibility index (Phi) is 2.10. The highest BCUT2D eigenvalue weighted by atomic mass is 16.3. The lowest BCUT2D eigenvalue weighted by molar-refractivity contribution is 0.135. The van der Waals surface area contributed by atoms with Crippen LogP contribution in [0, 0.1) is 5.41 Å². The molecule has 0 aromatic heterocycles. The standard InChI is InChI=1S/C9H18N2O/c10-8-5-7(12)6-9(8)1-3-11-4-2-9/h7-8,11-12H,1-6,10H2/t7-,8+/m0/s1. The van der Waals surface area contributed by atoms with Crippen LogP contribution in [-0.2, 0) is 0 Å². The lowest BCUT2D eigenvalue weighted by Gasteiger charge is -2.37. The van der Waals surface area contributed by atoms with E-state index in [1.54, 1.807) is 0 Å². The van der Waals surface area contributed by atoms with Crippen LogP contribution >= 0.6 is 0 Å². The zero-order chi connectivity index (χ0) is 8.60. The Bertz CT molecular complexity index is 166. The van der Waals surface area contributed by atoms with Crippen molar-refractivity contribution in [1.29, 1.82) is 0 Å². The van der Waals surface area contributed by atoms with Gasteiger partial charge in [-0.05, 0) is 44.2 Å². The summed E-state index contributed by atoms with van der Waals surface area (Å²) in [6.45, 7) is 2.14. The third kappa shape index (κ3) is 1.26. The van der Waals surface area contributed by atoms with Gasteiger partial charge in [-0.3, -0.25) is 0 Å². The number of nitrogens with one attached hydrogen (secondary N) is 1. The fourth-order valence-corrected chi connectivity index (χ4v) is 2.75. The smallest absolute Gasteiger partial charge is 0.0561 e. The Morgan fingerprint density at radius 3 is 2.50 bits per heavy atom. The predicted octanol–water partition coefficient (Wildman–Crippen LogP) is -0.162.